The highest BCUT2D eigenvalue weighted by Crippen LogP contribution is 2.27. The summed E-state index contributed by atoms with van der Waals surface area (Å²) in [6.45, 7) is 6.55. The number of rotatable bonds is 5. The van der Waals surface area contributed by atoms with E-state index in [2.05, 4.69) is 0 Å². The van der Waals surface area contributed by atoms with Crippen molar-refractivity contribution in [1.82, 2.24) is 13.5 Å². The predicted molar refractivity (Wildman–Crippen MR) is 82.2 cm³/mol. The Kier molecular flexibility index (Phi) is 5.89. The van der Waals surface area contributed by atoms with Gasteiger partial charge < -0.3 is 9.64 Å². The van der Waals surface area contributed by atoms with Crippen molar-refractivity contribution in [3.8, 4) is 0 Å². The molecule has 0 spiro atoms. The maximum Gasteiger partial charge on any atom is 0.283 e. The average molecular weight is 337 g/mol. The molecule has 0 N–H and O–H groups in total. The SMILES string of the molecule is CCN(CC)C(=O)[C@H]1CSCN1S(=O)(=O)N1CCOCC1. The highest BCUT2D eigenvalue weighted by atomic mass is 32.2. The molecule has 0 aliphatic carbocycles. The summed E-state index contributed by atoms with van der Waals surface area (Å²) in [6, 6.07) is -0.581. The molecular weight excluding hydrogens is 314 g/mol. The molecule has 2 heterocycles. The summed E-state index contributed by atoms with van der Waals surface area (Å²) in [5.74, 6) is 0.776. The van der Waals surface area contributed by atoms with E-state index in [0.717, 1.165) is 0 Å². The van der Waals surface area contributed by atoms with Gasteiger partial charge in [-0.05, 0) is 13.8 Å². The van der Waals surface area contributed by atoms with E-state index in [-0.39, 0.29) is 5.91 Å². The standard InChI is InChI=1S/C12H23N3O4S2/c1-3-13(4-2)12(16)11-9-20-10-15(11)21(17,18)14-5-7-19-8-6-14/h11H,3-10H2,1-2H3/t11-/m1/s1. The van der Waals surface area contributed by atoms with Crippen LogP contribution in [-0.2, 0) is 19.7 Å². The largest absolute Gasteiger partial charge is 0.379 e. The van der Waals surface area contributed by atoms with E-state index in [9.17, 15) is 13.2 Å². The van der Waals surface area contributed by atoms with E-state index < -0.39 is 16.3 Å². The van der Waals surface area contributed by atoms with E-state index in [1.807, 2.05) is 13.8 Å². The van der Waals surface area contributed by atoms with Crippen LogP contribution in [0.5, 0.6) is 0 Å². The van der Waals surface area contributed by atoms with Crippen LogP contribution in [0.15, 0.2) is 0 Å². The zero-order valence-corrected chi connectivity index (χ0v) is 14.2. The molecule has 122 valence electrons. The van der Waals surface area contributed by atoms with E-state index in [1.54, 1.807) is 4.90 Å². The van der Waals surface area contributed by atoms with Crippen molar-refractivity contribution in [1.29, 1.82) is 0 Å². The second kappa shape index (κ2) is 7.28. The predicted octanol–water partition coefficient (Wildman–Crippen LogP) is -0.193. The van der Waals surface area contributed by atoms with Crippen LogP contribution in [0.1, 0.15) is 13.8 Å². The molecular formula is C12H23N3O4S2. The molecule has 0 radical (unpaired) electrons. The summed E-state index contributed by atoms with van der Waals surface area (Å²) in [6.07, 6.45) is 0. The molecule has 2 fully saturated rings. The van der Waals surface area contributed by atoms with Crippen molar-refractivity contribution in [2.45, 2.75) is 19.9 Å². The monoisotopic (exact) mass is 337 g/mol. The highest BCUT2D eigenvalue weighted by Gasteiger charge is 2.43. The Morgan fingerprint density at radius 2 is 1.90 bits per heavy atom. The molecule has 1 atom stereocenters. The molecule has 2 aliphatic heterocycles. The van der Waals surface area contributed by atoms with Gasteiger partial charge in [0, 0.05) is 31.9 Å². The number of likely N-dealkylation sites (N-methyl/N-ethyl adjacent to an activating group) is 1. The molecule has 2 aliphatic rings. The van der Waals surface area contributed by atoms with Crippen LogP contribution in [-0.4, -0.2) is 84.9 Å². The van der Waals surface area contributed by atoms with Gasteiger partial charge in [0.25, 0.3) is 10.2 Å². The Bertz CT molecular complexity index is 461. The van der Waals surface area contributed by atoms with Gasteiger partial charge in [0.2, 0.25) is 5.91 Å². The quantitative estimate of drug-likeness (QED) is 0.695. The lowest BCUT2D eigenvalue weighted by Crippen LogP contribution is -2.54. The van der Waals surface area contributed by atoms with Crippen LogP contribution < -0.4 is 0 Å². The minimum Gasteiger partial charge on any atom is -0.379 e. The molecule has 21 heavy (non-hydrogen) atoms. The summed E-state index contributed by atoms with van der Waals surface area (Å²) in [5, 5.41) is 0. The minimum absolute atomic E-state index is 0.0955. The molecule has 9 heteroatoms. The van der Waals surface area contributed by atoms with Crippen LogP contribution in [0.3, 0.4) is 0 Å². The third kappa shape index (κ3) is 3.53. The first-order valence-corrected chi connectivity index (χ1v) is 9.78. The van der Waals surface area contributed by atoms with Crippen molar-refractivity contribution in [2.24, 2.45) is 0 Å². The number of morpholine rings is 1. The number of carbonyl (C=O) groups is 1. The highest BCUT2D eigenvalue weighted by molar-refractivity contribution is 8.00. The van der Waals surface area contributed by atoms with E-state index in [0.29, 0.717) is 51.0 Å². The zero-order chi connectivity index (χ0) is 15.5. The summed E-state index contributed by atoms with van der Waals surface area (Å²) in [7, 11) is -3.59. The van der Waals surface area contributed by atoms with Crippen molar-refractivity contribution < 1.29 is 17.9 Å². The average Bonchev–Trinajstić information content (AvgIpc) is 2.99. The van der Waals surface area contributed by atoms with Gasteiger partial charge in [0.1, 0.15) is 6.04 Å². The van der Waals surface area contributed by atoms with Gasteiger partial charge >= 0.3 is 0 Å². The van der Waals surface area contributed by atoms with Crippen LogP contribution in [0.4, 0.5) is 0 Å². The van der Waals surface area contributed by atoms with E-state index in [4.69, 9.17) is 4.74 Å². The van der Waals surface area contributed by atoms with Gasteiger partial charge in [-0.2, -0.15) is 17.0 Å². The van der Waals surface area contributed by atoms with Crippen molar-refractivity contribution in [3.63, 3.8) is 0 Å². The summed E-state index contributed by atoms with van der Waals surface area (Å²) < 4.78 is 33.4. The Hall–Kier alpha value is -0.350. The first-order valence-electron chi connectivity index (χ1n) is 7.23. The zero-order valence-electron chi connectivity index (χ0n) is 12.5. The fourth-order valence-corrected chi connectivity index (χ4v) is 5.78. The number of ether oxygens (including phenoxy) is 1. The number of hydrogen-bond donors (Lipinski definition) is 0. The van der Waals surface area contributed by atoms with E-state index >= 15 is 0 Å². The number of hydrogen-bond acceptors (Lipinski definition) is 5. The Morgan fingerprint density at radius 3 is 2.48 bits per heavy atom. The normalized spacial score (nSPS) is 25.1. The molecule has 2 rings (SSSR count). The van der Waals surface area contributed by atoms with Gasteiger partial charge in [0.15, 0.2) is 0 Å². The minimum atomic E-state index is -3.59. The Morgan fingerprint density at radius 1 is 1.29 bits per heavy atom. The summed E-state index contributed by atoms with van der Waals surface area (Å²) in [5.41, 5.74) is 0. The Balaban J connectivity index is 2.15. The lowest BCUT2D eigenvalue weighted by atomic mass is 10.3. The second-order valence-corrected chi connectivity index (χ2v) is 7.81. The number of carbonyl (C=O) groups excluding carboxylic acids is 1. The smallest absolute Gasteiger partial charge is 0.283 e. The Labute approximate surface area is 130 Å². The lowest BCUT2D eigenvalue weighted by molar-refractivity contribution is -0.133. The van der Waals surface area contributed by atoms with Crippen molar-refractivity contribution >= 4 is 27.9 Å². The molecule has 7 nitrogen and oxygen atoms in total. The number of amides is 1. The molecule has 0 saturated carbocycles. The second-order valence-electron chi connectivity index (χ2n) is 4.93. The van der Waals surface area contributed by atoms with Gasteiger partial charge in [-0.1, -0.05) is 0 Å². The first kappa shape index (κ1) is 17.0. The van der Waals surface area contributed by atoms with Crippen molar-refractivity contribution in [2.75, 3.05) is 51.0 Å². The number of nitrogens with zero attached hydrogens (tertiary/aromatic N) is 3. The fraction of sp³-hybridized carbons (Fsp3) is 0.917. The molecule has 0 unspecified atom stereocenters. The molecule has 2 saturated heterocycles. The van der Waals surface area contributed by atoms with E-state index in [1.165, 1.54) is 20.4 Å². The third-order valence-electron chi connectivity index (χ3n) is 3.79. The maximum absolute atomic E-state index is 12.7. The van der Waals surface area contributed by atoms with Crippen LogP contribution in [0.25, 0.3) is 0 Å². The molecule has 0 bridgehead atoms. The third-order valence-corrected chi connectivity index (χ3v) is 6.96. The van der Waals surface area contributed by atoms with Gasteiger partial charge in [-0.25, -0.2) is 0 Å². The molecule has 0 aromatic rings. The topological polar surface area (TPSA) is 70.2 Å². The van der Waals surface area contributed by atoms with Crippen molar-refractivity contribution in [3.05, 3.63) is 0 Å². The van der Waals surface area contributed by atoms with Gasteiger partial charge in [-0.3, -0.25) is 4.79 Å². The first-order chi connectivity index (χ1) is 10.0. The lowest BCUT2D eigenvalue weighted by Gasteiger charge is -2.33. The van der Waals surface area contributed by atoms with Crippen LogP contribution in [0.2, 0.25) is 0 Å². The fourth-order valence-electron chi connectivity index (χ4n) is 2.52. The number of thioether (sulfide) groups is 1. The molecule has 0 aromatic carbocycles. The van der Waals surface area contributed by atoms with Crippen LogP contribution in [0, 0.1) is 0 Å². The van der Waals surface area contributed by atoms with Gasteiger partial charge in [0.05, 0.1) is 19.1 Å². The molecule has 1 amide bonds. The summed E-state index contributed by atoms with van der Waals surface area (Å²) >= 11 is 1.49. The van der Waals surface area contributed by atoms with Gasteiger partial charge in [-0.15, -0.1) is 11.8 Å². The van der Waals surface area contributed by atoms with Crippen LogP contribution >= 0.6 is 11.8 Å². The molecule has 0 aromatic heterocycles. The maximum atomic E-state index is 12.7. The summed E-state index contributed by atoms with van der Waals surface area (Å²) in [4.78, 5) is 14.2.